The predicted molar refractivity (Wildman–Crippen MR) is 81.1 cm³/mol. The van der Waals surface area contributed by atoms with Crippen LogP contribution in [-0.4, -0.2) is 0 Å². The van der Waals surface area contributed by atoms with Gasteiger partial charge in [0, 0.05) is 4.47 Å². The van der Waals surface area contributed by atoms with Crippen molar-refractivity contribution in [1.29, 1.82) is 0 Å². The molecular formula is C16H15BrF3N. The summed E-state index contributed by atoms with van der Waals surface area (Å²) in [6.07, 6.45) is -4.43. The summed E-state index contributed by atoms with van der Waals surface area (Å²) in [5, 5.41) is 0. The summed E-state index contributed by atoms with van der Waals surface area (Å²) in [5.74, 6) is 0. The molecule has 0 heterocycles. The van der Waals surface area contributed by atoms with E-state index in [0.29, 0.717) is 10.0 Å². The van der Waals surface area contributed by atoms with Gasteiger partial charge >= 0.3 is 6.18 Å². The molecule has 1 unspecified atom stereocenters. The first-order valence-corrected chi connectivity index (χ1v) is 7.18. The lowest BCUT2D eigenvalue weighted by Crippen LogP contribution is -2.18. The van der Waals surface area contributed by atoms with Crippen LogP contribution in [0, 0.1) is 13.8 Å². The highest BCUT2D eigenvalue weighted by atomic mass is 79.9. The van der Waals surface area contributed by atoms with Crippen LogP contribution < -0.4 is 5.73 Å². The van der Waals surface area contributed by atoms with E-state index in [-0.39, 0.29) is 5.56 Å². The number of halogens is 4. The van der Waals surface area contributed by atoms with Gasteiger partial charge in [-0.3, -0.25) is 0 Å². The van der Waals surface area contributed by atoms with E-state index >= 15 is 0 Å². The van der Waals surface area contributed by atoms with E-state index in [4.69, 9.17) is 5.73 Å². The summed E-state index contributed by atoms with van der Waals surface area (Å²) in [6.45, 7) is 3.80. The lowest BCUT2D eigenvalue weighted by atomic mass is 9.93. The van der Waals surface area contributed by atoms with Crippen LogP contribution in [0.25, 0.3) is 0 Å². The number of nitrogens with two attached hydrogens (primary N) is 1. The van der Waals surface area contributed by atoms with Crippen molar-refractivity contribution < 1.29 is 13.2 Å². The van der Waals surface area contributed by atoms with Crippen LogP contribution in [0.3, 0.4) is 0 Å². The Balaban J connectivity index is 2.55. The van der Waals surface area contributed by atoms with Crippen molar-refractivity contribution >= 4 is 15.9 Å². The van der Waals surface area contributed by atoms with Gasteiger partial charge < -0.3 is 5.73 Å². The first-order chi connectivity index (χ1) is 9.68. The third kappa shape index (κ3) is 3.66. The van der Waals surface area contributed by atoms with Gasteiger partial charge in [0.05, 0.1) is 11.6 Å². The minimum absolute atomic E-state index is 0.0794. The molecule has 0 aliphatic heterocycles. The van der Waals surface area contributed by atoms with Crippen LogP contribution in [0.5, 0.6) is 0 Å². The minimum Gasteiger partial charge on any atom is -0.320 e. The van der Waals surface area contributed by atoms with Gasteiger partial charge in [-0.05, 0) is 37.1 Å². The molecule has 0 radical (unpaired) electrons. The van der Waals surface area contributed by atoms with Gasteiger partial charge in [0.15, 0.2) is 0 Å². The van der Waals surface area contributed by atoms with Crippen molar-refractivity contribution in [3.05, 3.63) is 68.7 Å². The second kappa shape index (κ2) is 5.81. The van der Waals surface area contributed by atoms with Gasteiger partial charge in [0.2, 0.25) is 0 Å². The zero-order valence-corrected chi connectivity index (χ0v) is 13.2. The molecule has 0 aliphatic carbocycles. The maximum absolute atomic E-state index is 13.2. The van der Waals surface area contributed by atoms with Gasteiger partial charge in [-0.1, -0.05) is 51.3 Å². The molecule has 0 aromatic heterocycles. The second-order valence-corrected chi connectivity index (χ2v) is 6.04. The molecule has 21 heavy (non-hydrogen) atoms. The zero-order valence-electron chi connectivity index (χ0n) is 11.6. The Labute approximate surface area is 130 Å². The molecule has 2 aromatic carbocycles. The number of hydrogen-bond donors (Lipinski definition) is 1. The fraction of sp³-hybridized carbons (Fsp3) is 0.250. The summed E-state index contributed by atoms with van der Waals surface area (Å²) in [6, 6.07) is 8.86. The van der Waals surface area contributed by atoms with E-state index in [9.17, 15) is 13.2 Å². The summed E-state index contributed by atoms with van der Waals surface area (Å²) in [7, 11) is 0. The number of alkyl halides is 3. The van der Waals surface area contributed by atoms with Crippen molar-refractivity contribution in [3.63, 3.8) is 0 Å². The van der Waals surface area contributed by atoms with Crippen LogP contribution in [0.1, 0.15) is 33.9 Å². The first-order valence-electron chi connectivity index (χ1n) is 6.39. The van der Waals surface area contributed by atoms with E-state index < -0.39 is 17.8 Å². The van der Waals surface area contributed by atoms with Crippen LogP contribution in [0.15, 0.2) is 40.9 Å². The topological polar surface area (TPSA) is 26.0 Å². The standard InChI is InChI=1S/C16H15BrF3N/c1-9-5-10(2)7-11(6-9)15(21)13-4-3-12(17)8-14(13)16(18,19)20/h3-8,15H,21H2,1-2H3. The Morgan fingerprint density at radius 3 is 2.10 bits per heavy atom. The molecule has 0 fully saturated rings. The number of hydrogen-bond acceptors (Lipinski definition) is 1. The SMILES string of the molecule is Cc1cc(C)cc(C(N)c2ccc(Br)cc2C(F)(F)F)c1. The molecule has 0 aliphatic rings. The molecule has 0 spiro atoms. The van der Waals surface area contributed by atoms with E-state index in [1.165, 1.54) is 6.07 Å². The number of benzene rings is 2. The van der Waals surface area contributed by atoms with Gasteiger partial charge in [0.1, 0.15) is 0 Å². The maximum Gasteiger partial charge on any atom is 0.416 e. The fourth-order valence-electron chi connectivity index (χ4n) is 2.41. The quantitative estimate of drug-likeness (QED) is 0.791. The molecule has 0 bridgehead atoms. The Morgan fingerprint density at radius 2 is 1.57 bits per heavy atom. The van der Waals surface area contributed by atoms with Crippen molar-refractivity contribution in [2.24, 2.45) is 5.73 Å². The summed E-state index contributed by atoms with van der Waals surface area (Å²) in [5.41, 5.74) is 8.10. The summed E-state index contributed by atoms with van der Waals surface area (Å²) in [4.78, 5) is 0. The smallest absolute Gasteiger partial charge is 0.320 e. The summed E-state index contributed by atoms with van der Waals surface area (Å²) < 4.78 is 39.9. The van der Waals surface area contributed by atoms with Crippen LogP contribution in [0.4, 0.5) is 13.2 Å². The van der Waals surface area contributed by atoms with Crippen molar-refractivity contribution in [2.75, 3.05) is 0 Å². The van der Waals surface area contributed by atoms with Gasteiger partial charge in [-0.25, -0.2) is 0 Å². The van der Waals surface area contributed by atoms with Gasteiger partial charge in [0.25, 0.3) is 0 Å². The van der Waals surface area contributed by atoms with Crippen LogP contribution in [-0.2, 0) is 6.18 Å². The van der Waals surface area contributed by atoms with E-state index in [1.54, 1.807) is 6.07 Å². The first kappa shape index (κ1) is 16.0. The molecular weight excluding hydrogens is 343 g/mol. The molecule has 0 amide bonds. The van der Waals surface area contributed by atoms with Gasteiger partial charge in [-0.15, -0.1) is 0 Å². The molecule has 2 rings (SSSR count). The molecule has 2 aromatic rings. The average Bonchev–Trinajstić information content (AvgIpc) is 2.35. The third-order valence-electron chi connectivity index (χ3n) is 3.26. The van der Waals surface area contributed by atoms with E-state index in [2.05, 4.69) is 15.9 Å². The fourth-order valence-corrected chi connectivity index (χ4v) is 2.78. The largest absolute Gasteiger partial charge is 0.416 e. The summed E-state index contributed by atoms with van der Waals surface area (Å²) >= 11 is 3.08. The van der Waals surface area contributed by atoms with E-state index in [0.717, 1.165) is 17.2 Å². The highest BCUT2D eigenvalue weighted by Crippen LogP contribution is 2.37. The van der Waals surface area contributed by atoms with E-state index in [1.807, 2.05) is 32.0 Å². The molecule has 5 heteroatoms. The van der Waals surface area contributed by atoms with Crippen molar-refractivity contribution in [1.82, 2.24) is 0 Å². The molecule has 1 nitrogen and oxygen atoms in total. The molecule has 0 saturated carbocycles. The predicted octanol–water partition coefficient (Wildman–Crippen LogP) is 5.13. The van der Waals surface area contributed by atoms with Crippen molar-refractivity contribution in [3.8, 4) is 0 Å². The maximum atomic E-state index is 13.2. The minimum atomic E-state index is -4.43. The molecule has 0 saturated heterocycles. The highest BCUT2D eigenvalue weighted by Gasteiger charge is 2.35. The Kier molecular flexibility index (Phi) is 4.44. The lowest BCUT2D eigenvalue weighted by Gasteiger charge is -2.20. The third-order valence-corrected chi connectivity index (χ3v) is 3.75. The molecule has 1 atom stereocenters. The number of aryl methyl sites for hydroxylation is 2. The Bertz CT molecular complexity index is 645. The number of rotatable bonds is 2. The average molecular weight is 358 g/mol. The van der Waals surface area contributed by atoms with Crippen LogP contribution >= 0.6 is 15.9 Å². The molecule has 2 N–H and O–H groups in total. The van der Waals surface area contributed by atoms with Crippen LogP contribution in [0.2, 0.25) is 0 Å². The Morgan fingerprint density at radius 1 is 1.00 bits per heavy atom. The van der Waals surface area contributed by atoms with Crippen molar-refractivity contribution in [2.45, 2.75) is 26.1 Å². The van der Waals surface area contributed by atoms with Gasteiger partial charge in [-0.2, -0.15) is 13.2 Å². The Hall–Kier alpha value is -1.33. The highest BCUT2D eigenvalue weighted by molar-refractivity contribution is 9.10. The molecule has 112 valence electrons. The monoisotopic (exact) mass is 357 g/mol. The normalized spacial score (nSPS) is 13.3. The second-order valence-electron chi connectivity index (χ2n) is 5.13. The lowest BCUT2D eigenvalue weighted by molar-refractivity contribution is -0.138. The zero-order chi connectivity index (χ0) is 15.8.